The van der Waals surface area contributed by atoms with E-state index in [9.17, 15) is 14.4 Å². The molecule has 29 heavy (non-hydrogen) atoms. The lowest BCUT2D eigenvalue weighted by atomic mass is 10.1. The Kier molecular flexibility index (Phi) is 5.59. The molecule has 2 N–H and O–H groups in total. The van der Waals surface area contributed by atoms with Gasteiger partial charge in [-0.05, 0) is 57.0 Å². The average Bonchev–Trinajstić information content (AvgIpc) is 2.87. The molecule has 1 fully saturated rings. The molecule has 7 nitrogen and oxygen atoms in total. The highest BCUT2D eigenvalue weighted by atomic mass is 16.5. The second-order valence-electron chi connectivity index (χ2n) is 7.57. The van der Waals surface area contributed by atoms with Gasteiger partial charge >= 0.3 is 12.0 Å². The van der Waals surface area contributed by atoms with Gasteiger partial charge in [-0.15, -0.1) is 0 Å². The first-order valence-corrected chi connectivity index (χ1v) is 9.44. The first kappa shape index (κ1) is 20.4. The van der Waals surface area contributed by atoms with E-state index >= 15 is 0 Å². The highest BCUT2D eigenvalue weighted by Crippen LogP contribution is 2.25. The summed E-state index contributed by atoms with van der Waals surface area (Å²) in [5.74, 6) is -0.861. The fourth-order valence-corrected chi connectivity index (χ4v) is 3.13. The number of carbonyl (C=O) groups excluding carboxylic acids is 3. The quantitative estimate of drug-likeness (QED) is 0.577. The van der Waals surface area contributed by atoms with Crippen molar-refractivity contribution in [2.24, 2.45) is 0 Å². The Hall–Kier alpha value is -3.35. The molecule has 152 valence electrons. The van der Waals surface area contributed by atoms with Crippen LogP contribution in [0.5, 0.6) is 0 Å². The summed E-state index contributed by atoms with van der Waals surface area (Å²) in [5, 5.41) is 5.89. The molecule has 0 unspecified atom stereocenters. The molecule has 2 aromatic rings. The van der Waals surface area contributed by atoms with Crippen LogP contribution in [0, 0.1) is 13.8 Å². The largest absolute Gasteiger partial charge is 0.460 e. The number of urea groups is 1. The molecular weight excluding hydrogens is 370 g/mol. The number of aryl methyl sites for hydroxylation is 1. The Balaban J connectivity index is 1.67. The van der Waals surface area contributed by atoms with Crippen molar-refractivity contribution in [2.45, 2.75) is 33.2 Å². The maximum absolute atomic E-state index is 12.6. The lowest BCUT2D eigenvalue weighted by Crippen LogP contribution is -2.40. The van der Waals surface area contributed by atoms with Gasteiger partial charge in [-0.25, -0.2) is 9.59 Å². The topological polar surface area (TPSA) is 87.7 Å². The Labute approximate surface area is 170 Å². The summed E-state index contributed by atoms with van der Waals surface area (Å²) in [6, 6.07) is 12.5. The van der Waals surface area contributed by atoms with Crippen molar-refractivity contribution in [3.63, 3.8) is 0 Å². The first-order valence-electron chi connectivity index (χ1n) is 9.44. The molecule has 3 amide bonds. The van der Waals surface area contributed by atoms with E-state index in [-0.39, 0.29) is 19.1 Å². The molecule has 1 saturated heterocycles. The number of anilines is 2. The molecule has 0 atom stereocenters. The summed E-state index contributed by atoms with van der Waals surface area (Å²) in [6.07, 6.45) is 0. The van der Waals surface area contributed by atoms with Crippen LogP contribution in [0.3, 0.4) is 0 Å². The van der Waals surface area contributed by atoms with Gasteiger partial charge in [0.05, 0.1) is 17.8 Å². The Morgan fingerprint density at radius 3 is 2.45 bits per heavy atom. The minimum atomic E-state index is -0.941. The number of para-hydroxylation sites is 1. The van der Waals surface area contributed by atoms with Gasteiger partial charge in [0.1, 0.15) is 12.1 Å². The number of benzene rings is 2. The Morgan fingerprint density at radius 1 is 1.07 bits per heavy atom. The Morgan fingerprint density at radius 2 is 1.76 bits per heavy atom. The summed E-state index contributed by atoms with van der Waals surface area (Å²) in [5.41, 5.74) is 3.21. The molecular formula is C22H25N3O4. The fraction of sp³-hybridized carbons (Fsp3) is 0.318. The van der Waals surface area contributed by atoms with Gasteiger partial charge < -0.3 is 15.4 Å². The number of hydrogen-bond acceptors (Lipinski definition) is 5. The van der Waals surface area contributed by atoms with Crippen molar-refractivity contribution in [3.8, 4) is 0 Å². The zero-order valence-electron chi connectivity index (χ0n) is 17.0. The van der Waals surface area contributed by atoms with Crippen LogP contribution < -0.4 is 10.6 Å². The van der Waals surface area contributed by atoms with E-state index < -0.39 is 17.5 Å². The predicted molar refractivity (Wildman–Crippen MR) is 110 cm³/mol. The van der Waals surface area contributed by atoms with Gasteiger partial charge in [0.2, 0.25) is 0 Å². The third-order valence-electron chi connectivity index (χ3n) is 5.01. The minimum Gasteiger partial charge on any atom is -0.460 e. The van der Waals surface area contributed by atoms with Gasteiger partial charge in [0.15, 0.2) is 0 Å². The molecule has 0 spiro atoms. The summed E-state index contributed by atoms with van der Waals surface area (Å²) in [7, 11) is 0. The maximum atomic E-state index is 12.6. The van der Waals surface area contributed by atoms with Crippen LogP contribution in [0.2, 0.25) is 0 Å². The normalized spacial score (nSPS) is 15.2. The van der Waals surface area contributed by atoms with E-state index in [0.717, 1.165) is 21.7 Å². The number of nitrogens with one attached hydrogen (secondary N) is 2. The molecule has 1 heterocycles. The zero-order valence-corrected chi connectivity index (χ0v) is 17.0. The number of esters is 1. The molecule has 0 aliphatic carbocycles. The van der Waals surface area contributed by atoms with E-state index in [4.69, 9.17) is 4.74 Å². The highest BCUT2D eigenvalue weighted by Gasteiger charge is 2.43. The second-order valence-corrected chi connectivity index (χ2v) is 7.57. The van der Waals surface area contributed by atoms with Crippen LogP contribution in [0.25, 0.3) is 0 Å². The van der Waals surface area contributed by atoms with Crippen LogP contribution in [0.1, 0.15) is 35.3 Å². The van der Waals surface area contributed by atoms with Gasteiger partial charge in [-0.2, -0.15) is 0 Å². The molecule has 0 bridgehead atoms. The van der Waals surface area contributed by atoms with Gasteiger partial charge in [-0.3, -0.25) is 9.69 Å². The summed E-state index contributed by atoms with van der Waals surface area (Å²) < 4.78 is 5.33. The molecule has 2 aromatic carbocycles. The number of imide groups is 1. The lowest BCUT2D eigenvalue weighted by molar-refractivity contribution is -0.130. The molecule has 1 aliphatic rings. The van der Waals surface area contributed by atoms with E-state index in [1.165, 1.54) is 0 Å². The van der Waals surface area contributed by atoms with Crippen LogP contribution in [-0.2, 0) is 9.53 Å². The SMILES string of the molecule is Cc1cccc(Nc2ccccc2C(=O)OCCN2C(=O)NC(C)(C)C2=O)c1C. The number of carbonyl (C=O) groups is 3. The minimum absolute atomic E-state index is 0.00637. The number of rotatable bonds is 6. The number of amides is 3. The number of ether oxygens (including phenoxy) is 1. The summed E-state index contributed by atoms with van der Waals surface area (Å²) in [4.78, 5) is 37.8. The van der Waals surface area contributed by atoms with E-state index in [1.807, 2.05) is 38.1 Å². The highest BCUT2D eigenvalue weighted by molar-refractivity contribution is 6.06. The van der Waals surface area contributed by atoms with E-state index in [1.54, 1.807) is 32.0 Å². The average molecular weight is 395 g/mol. The van der Waals surface area contributed by atoms with Gasteiger partial charge in [-0.1, -0.05) is 24.3 Å². The van der Waals surface area contributed by atoms with Crippen molar-refractivity contribution >= 4 is 29.3 Å². The lowest BCUT2D eigenvalue weighted by Gasteiger charge is -2.17. The van der Waals surface area contributed by atoms with Crippen molar-refractivity contribution in [1.29, 1.82) is 0 Å². The third kappa shape index (κ3) is 4.23. The van der Waals surface area contributed by atoms with Gasteiger partial charge in [0, 0.05) is 5.69 Å². The molecule has 0 radical (unpaired) electrons. The molecule has 0 saturated carbocycles. The monoisotopic (exact) mass is 395 g/mol. The zero-order chi connectivity index (χ0) is 21.2. The van der Waals surface area contributed by atoms with Crippen molar-refractivity contribution in [2.75, 3.05) is 18.5 Å². The molecule has 0 aromatic heterocycles. The smallest absolute Gasteiger partial charge is 0.340 e. The standard InChI is InChI=1S/C22H25N3O4/c1-14-8-7-11-17(15(14)2)23-18-10-6-5-9-16(18)19(26)29-13-12-25-20(27)22(3,4)24-21(25)28/h5-11,23H,12-13H2,1-4H3,(H,24,28). The summed E-state index contributed by atoms with van der Waals surface area (Å²) in [6.45, 7) is 7.23. The third-order valence-corrected chi connectivity index (χ3v) is 5.01. The Bertz CT molecular complexity index is 968. The van der Waals surface area contributed by atoms with Crippen LogP contribution in [0.4, 0.5) is 16.2 Å². The van der Waals surface area contributed by atoms with Crippen molar-refractivity contribution in [1.82, 2.24) is 10.2 Å². The molecule has 3 rings (SSSR count). The van der Waals surface area contributed by atoms with E-state index in [2.05, 4.69) is 10.6 Å². The van der Waals surface area contributed by atoms with Crippen molar-refractivity contribution < 1.29 is 19.1 Å². The van der Waals surface area contributed by atoms with E-state index in [0.29, 0.717) is 11.3 Å². The maximum Gasteiger partial charge on any atom is 0.340 e. The number of nitrogens with zero attached hydrogens (tertiary/aromatic N) is 1. The number of hydrogen-bond donors (Lipinski definition) is 2. The van der Waals surface area contributed by atoms with Crippen LogP contribution in [-0.4, -0.2) is 41.5 Å². The first-order chi connectivity index (χ1) is 13.7. The fourth-order valence-electron chi connectivity index (χ4n) is 3.13. The van der Waals surface area contributed by atoms with Crippen LogP contribution >= 0.6 is 0 Å². The van der Waals surface area contributed by atoms with Crippen molar-refractivity contribution in [3.05, 3.63) is 59.2 Å². The van der Waals surface area contributed by atoms with Crippen LogP contribution in [0.15, 0.2) is 42.5 Å². The summed E-state index contributed by atoms with van der Waals surface area (Å²) >= 11 is 0. The second kappa shape index (κ2) is 7.95. The molecule has 7 heteroatoms. The molecule has 1 aliphatic heterocycles. The van der Waals surface area contributed by atoms with Gasteiger partial charge in [0.25, 0.3) is 5.91 Å². The predicted octanol–water partition coefficient (Wildman–Crippen LogP) is 3.53.